The van der Waals surface area contributed by atoms with E-state index in [-0.39, 0.29) is 0 Å². The highest BCUT2D eigenvalue weighted by molar-refractivity contribution is 9.12. The predicted octanol–water partition coefficient (Wildman–Crippen LogP) is 2.97. The van der Waals surface area contributed by atoms with Crippen molar-refractivity contribution >= 4 is 31.9 Å². The first kappa shape index (κ1) is 5.48. The normalized spacial score (nSPS) is 30.8. The largest absolute Gasteiger partial charge is 0.0843 e. The van der Waals surface area contributed by atoms with Crippen molar-refractivity contribution in [3.05, 3.63) is 10.1 Å². The molecule has 0 aromatic rings. The van der Waals surface area contributed by atoms with E-state index in [1.54, 1.807) is 5.57 Å². The molecule has 0 saturated heterocycles. The molecule has 0 aromatic carbocycles. The van der Waals surface area contributed by atoms with Crippen LogP contribution in [0.2, 0.25) is 0 Å². The lowest BCUT2D eigenvalue weighted by Gasteiger charge is -2.29. The summed E-state index contributed by atoms with van der Waals surface area (Å²) >= 11 is 7.21. The Morgan fingerprint density at radius 3 is 2.00 bits per heavy atom. The third-order valence-corrected chi connectivity index (χ3v) is 3.60. The molecule has 2 bridgehead atoms. The fourth-order valence-corrected chi connectivity index (χ4v) is 3.58. The second-order valence-corrected chi connectivity index (χ2v) is 5.33. The van der Waals surface area contributed by atoms with Gasteiger partial charge in [-0.1, -0.05) is 37.4 Å². The molecule has 0 nitrogen and oxygen atoms in total. The van der Waals surface area contributed by atoms with Gasteiger partial charge in [0.25, 0.3) is 0 Å². The summed E-state index contributed by atoms with van der Waals surface area (Å²) < 4.78 is 1.95. The molecule has 0 N–H and O–H groups in total. The average molecular weight is 238 g/mol. The molecule has 0 amide bonds. The molecule has 0 heterocycles. The molecular weight excluding hydrogens is 232 g/mol. The molecule has 3 aliphatic rings. The molecule has 0 spiro atoms. The van der Waals surface area contributed by atoms with Gasteiger partial charge in [0.1, 0.15) is 0 Å². The zero-order chi connectivity index (χ0) is 5.78. The van der Waals surface area contributed by atoms with Crippen LogP contribution in [0.5, 0.6) is 0 Å². The van der Waals surface area contributed by atoms with Gasteiger partial charge in [-0.25, -0.2) is 0 Å². The first-order valence-electron chi connectivity index (χ1n) is 2.75. The first-order chi connectivity index (χ1) is 3.70. The molecule has 3 rings (SSSR count). The summed E-state index contributed by atoms with van der Waals surface area (Å²) in [7, 11) is 0. The van der Waals surface area contributed by atoms with Crippen molar-refractivity contribution < 1.29 is 0 Å². The van der Waals surface area contributed by atoms with Gasteiger partial charge >= 0.3 is 0 Å². The molecule has 44 valence electrons. The third kappa shape index (κ3) is 0.561. The molecule has 0 aromatic heterocycles. The quantitative estimate of drug-likeness (QED) is 0.569. The van der Waals surface area contributed by atoms with Gasteiger partial charge in [0.05, 0.1) is 0 Å². The molecular formula is C6H6Br2. The zero-order valence-corrected chi connectivity index (χ0v) is 7.55. The van der Waals surface area contributed by atoms with Crippen molar-refractivity contribution in [1.82, 2.24) is 0 Å². The number of halogens is 2. The second kappa shape index (κ2) is 1.40. The van der Waals surface area contributed by atoms with E-state index in [1.165, 1.54) is 23.7 Å². The van der Waals surface area contributed by atoms with Gasteiger partial charge in [0.15, 0.2) is 0 Å². The Bertz CT molecular complexity index is 161. The number of allylic oxidation sites excluding steroid dienone is 2. The second-order valence-electron chi connectivity index (χ2n) is 2.69. The van der Waals surface area contributed by atoms with E-state index < -0.39 is 0 Å². The van der Waals surface area contributed by atoms with Crippen LogP contribution in [-0.2, 0) is 0 Å². The Morgan fingerprint density at radius 1 is 1.25 bits per heavy atom. The Kier molecular flexibility index (Phi) is 0.961. The van der Waals surface area contributed by atoms with E-state index in [9.17, 15) is 0 Å². The van der Waals surface area contributed by atoms with Crippen LogP contribution < -0.4 is 0 Å². The molecule has 3 aliphatic carbocycles. The Hall–Kier alpha value is 0.700. The fraction of sp³-hybridized carbons (Fsp3) is 0.667. The Labute approximate surface area is 65.6 Å². The molecule has 0 aliphatic heterocycles. The van der Waals surface area contributed by atoms with Crippen LogP contribution in [0.25, 0.3) is 0 Å². The van der Waals surface area contributed by atoms with E-state index in [0.717, 1.165) is 0 Å². The summed E-state index contributed by atoms with van der Waals surface area (Å²) in [5, 5.41) is 0. The van der Waals surface area contributed by atoms with Crippen molar-refractivity contribution in [2.45, 2.75) is 23.6 Å². The topological polar surface area (TPSA) is 0 Å². The minimum Gasteiger partial charge on any atom is -0.0843 e. The highest BCUT2D eigenvalue weighted by atomic mass is 79.9. The Balaban J connectivity index is 2.33. The van der Waals surface area contributed by atoms with E-state index in [2.05, 4.69) is 31.9 Å². The smallest absolute Gasteiger partial charge is 0.0378 e. The van der Waals surface area contributed by atoms with Crippen LogP contribution >= 0.6 is 31.9 Å². The number of rotatable bonds is 0. The van der Waals surface area contributed by atoms with Crippen LogP contribution in [0.3, 0.4) is 0 Å². The summed E-state index contributed by atoms with van der Waals surface area (Å²) in [4.78, 5) is 0. The van der Waals surface area contributed by atoms with Crippen LogP contribution in [0.4, 0.5) is 0 Å². The monoisotopic (exact) mass is 236 g/mol. The van der Waals surface area contributed by atoms with Crippen molar-refractivity contribution in [3.63, 3.8) is 0 Å². The zero-order valence-electron chi connectivity index (χ0n) is 4.38. The van der Waals surface area contributed by atoms with Crippen molar-refractivity contribution in [2.75, 3.05) is 0 Å². The lowest BCUT2D eigenvalue weighted by molar-refractivity contribution is 0.542. The van der Waals surface area contributed by atoms with Gasteiger partial charge in [0, 0.05) is 4.32 Å². The maximum absolute atomic E-state index is 3.68. The fourth-order valence-electron chi connectivity index (χ4n) is 1.43. The summed E-state index contributed by atoms with van der Waals surface area (Å²) in [6.45, 7) is 0. The summed E-state index contributed by atoms with van der Waals surface area (Å²) in [6.07, 6.45) is 3.80. The minimum absolute atomic E-state index is 0.501. The lowest BCUT2D eigenvalue weighted by Crippen LogP contribution is -2.24. The number of hydrogen-bond donors (Lipinski definition) is 0. The molecule has 2 heteroatoms. The molecule has 0 radical (unpaired) electrons. The maximum Gasteiger partial charge on any atom is 0.0378 e. The van der Waals surface area contributed by atoms with E-state index in [0.29, 0.717) is 4.32 Å². The summed E-state index contributed by atoms with van der Waals surface area (Å²) in [6, 6.07) is 0. The molecule has 8 heavy (non-hydrogen) atoms. The summed E-state index contributed by atoms with van der Waals surface area (Å²) in [5.41, 5.74) is 1.63. The minimum atomic E-state index is 0.501. The van der Waals surface area contributed by atoms with Crippen LogP contribution in [0.1, 0.15) is 19.3 Å². The lowest BCUT2D eigenvalue weighted by atomic mass is 9.87. The molecule has 0 atom stereocenters. The van der Waals surface area contributed by atoms with E-state index >= 15 is 0 Å². The van der Waals surface area contributed by atoms with Crippen LogP contribution in [0, 0.1) is 0 Å². The van der Waals surface area contributed by atoms with E-state index in [4.69, 9.17) is 0 Å². The van der Waals surface area contributed by atoms with E-state index in [1.807, 2.05) is 0 Å². The highest BCUT2D eigenvalue weighted by Crippen LogP contribution is 2.58. The molecule has 1 saturated carbocycles. The van der Waals surface area contributed by atoms with Gasteiger partial charge in [-0.3, -0.25) is 0 Å². The number of fused-ring (bicyclic) bond motifs is 1. The first-order valence-corrected chi connectivity index (χ1v) is 4.34. The SMILES string of the molecule is BrC1=C2CC(Br)(C1)C2. The van der Waals surface area contributed by atoms with Crippen molar-refractivity contribution in [1.29, 1.82) is 0 Å². The predicted molar refractivity (Wildman–Crippen MR) is 41.5 cm³/mol. The molecule has 1 fully saturated rings. The summed E-state index contributed by atoms with van der Waals surface area (Å²) in [5.74, 6) is 0. The number of hydrogen-bond acceptors (Lipinski definition) is 0. The van der Waals surface area contributed by atoms with Gasteiger partial charge < -0.3 is 0 Å². The van der Waals surface area contributed by atoms with Gasteiger partial charge in [-0.05, 0) is 23.7 Å². The van der Waals surface area contributed by atoms with Gasteiger partial charge in [-0.15, -0.1) is 0 Å². The van der Waals surface area contributed by atoms with Gasteiger partial charge in [-0.2, -0.15) is 0 Å². The third-order valence-electron chi connectivity index (χ3n) is 1.92. The van der Waals surface area contributed by atoms with Crippen molar-refractivity contribution in [2.24, 2.45) is 0 Å². The van der Waals surface area contributed by atoms with Gasteiger partial charge in [0.2, 0.25) is 0 Å². The maximum atomic E-state index is 3.68. The average Bonchev–Trinajstić information content (AvgIpc) is 1.88. The standard InChI is InChI=1S/C6H6Br2/c7-5-3-6(8)1-4(5)2-6/h1-3H2. The number of alkyl halides is 1. The molecule has 0 unspecified atom stereocenters. The van der Waals surface area contributed by atoms with Crippen molar-refractivity contribution in [3.8, 4) is 0 Å². The highest BCUT2D eigenvalue weighted by Gasteiger charge is 2.45. The van der Waals surface area contributed by atoms with Crippen LogP contribution in [-0.4, -0.2) is 4.32 Å². The Morgan fingerprint density at radius 2 is 1.88 bits per heavy atom. The van der Waals surface area contributed by atoms with Crippen LogP contribution in [0.15, 0.2) is 10.1 Å².